The Morgan fingerprint density at radius 1 is 1.22 bits per heavy atom. The summed E-state index contributed by atoms with van der Waals surface area (Å²) in [6, 6.07) is 6.58. The summed E-state index contributed by atoms with van der Waals surface area (Å²) in [6.07, 6.45) is 3.54. The fourth-order valence-corrected chi connectivity index (χ4v) is 2.87. The van der Waals surface area contributed by atoms with Crippen LogP contribution in [0.4, 0.5) is 0 Å². The number of benzene rings is 1. The van der Waals surface area contributed by atoms with E-state index in [1.54, 1.807) is 0 Å². The van der Waals surface area contributed by atoms with Crippen molar-refractivity contribution in [3.05, 3.63) is 33.3 Å². The molecule has 102 valence electrons. The minimum Gasteiger partial charge on any atom is -0.310 e. The third kappa shape index (κ3) is 5.73. The van der Waals surface area contributed by atoms with Crippen LogP contribution in [0.5, 0.6) is 0 Å². The van der Waals surface area contributed by atoms with Gasteiger partial charge >= 0.3 is 0 Å². The van der Waals surface area contributed by atoms with E-state index in [2.05, 4.69) is 54.2 Å². The summed E-state index contributed by atoms with van der Waals surface area (Å²) in [6.45, 7) is 7.78. The third-order valence-electron chi connectivity index (χ3n) is 2.96. The molecule has 0 fully saturated rings. The molecule has 18 heavy (non-hydrogen) atoms. The monoisotopic (exact) mass is 331 g/mol. The lowest BCUT2D eigenvalue weighted by Gasteiger charge is -2.20. The van der Waals surface area contributed by atoms with E-state index in [1.165, 1.54) is 12.0 Å². The van der Waals surface area contributed by atoms with E-state index in [0.717, 1.165) is 34.8 Å². The first kappa shape index (κ1) is 16.0. The van der Waals surface area contributed by atoms with Crippen LogP contribution in [0.2, 0.25) is 5.02 Å². The molecule has 1 aromatic rings. The third-order valence-corrected chi connectivity index (χ3v) is 3.64. The molecule has 0 radical (unpaired) electrons. The van der Waals surface area contributed by atoms with Gasteiger partial charge in [0.25, 0.3) is 0 Å². The van der Waals surface area contributed by atoms with Crippen molar-refractivity contribution in [3.63, 3.8) is 0 Å². The zero-order valence-corrected chi connectivity index (χ0v) is 13.8. The van der Waals surface area contributed by atoms with Gasteiger partial charge in [-0.05, 0) is 55.5 Å². The van der Waals surface area contributed by atoms with Gasteiger partial charge < -0.3 is 5.32 Å². The lowest BCUT2D eigenvalue weighted by molar-refractivity contribution is 0.440. The number of halogens is 2. The molecular formula is C15H23BrClN. The van der Waals surface area contributed by atoms with E-state index in [-0.39, 0.29) is 0 Å². The molecule has 1 nitrogen and oxygen atoms in total. The second-order valence-electron chi connectivity index (χ2n) is 5.18. The van der Waals surface area contributed by atoms with Gasteiger partial charge in [-0.15, -0.1) is 0 Å². The van der Waals surface area contributed by atoms with Gasteiger partial charge in [-0.2, -0.15) is 0 Å². The van der Waals surface area contributed by atoms with E-state index in [4.69, 9.17) is 11.6 Å². The summed E-state index contributed by atoms with van der Waals surface area (Å²) in [5, 5.41) is 4.41. The van der Waals surface area contributed by atoms with Crippen LogP contribution in [0.3, 0.4) is 0 Å². The summed E-state index contributed by atoms with van der Waals surface area (Å²) in [5.41, 5.74) is 1.28. The van der Waals surface area contributed by atoms with Crippen LogP contribution in [0.15, 0.2) is 22.7 Å². The van der Waals surface area contributed by atoms with Gasteiger partial charge in [0.1, 0.15) is 0 Å². The van der Waals surface area contributed by atoms with Crippen molar-refractivity contribution in [2.75, 3.05) is 6.54 Å². The molecular weight excluding hydrogens is 310 g/mol. The summed E-state index contributed by atoms with van der Waals surface area (Å²) in [7, 11) is 0. The Bertz CT molecular complexity index is 345. The molecule has 0 saturated carbocycles. The Morgan fingerprint density at radius 2 is 1.94 bits per heavy atom. The number of hydrogen-bond donors (Lipinski definition) is 1. The maximum atomic E-state index is 6.13. The van der Waals surface area contributed by atoms with Gasteiger partial charge in [-0.25, -0.2) is 0 Å². The molecule has 3 heteroatoms. The molecule has 0 bridgehead atoms. The molecule has 0 heterocycles. The van der Waals surface area contributed by atoms with Crippen molar-refractivity contribution in [1.29, 1.82) is 0 Å². The Morgan fingerprint density at radius 3 is 2.50 bits per heavy atom. The normalized spacial score (nSPS) is 13.0. The number of rotatable bonds is 7. The zero-order valence-electron chi connectivity index (χ0n) is 11.5. The SMILES string of the molecule is CCCNC(CCC(C)C)c1cc(Cl)cc(Br)c1. The zero-order chi connectivity index (χ0) is 13.5. The minimum absolute atomic E-state index is 0.405. The molecule has 0 amide bonds. The van der Waals surface area contributed by atoms with Gasteiger partial charge in [-0.1, -0.05) is 48.3 Å². The van der Waals surface area contributed by atoms with Crippen LogP contribution in [-0.4, -0.2) is 6.54 Å². The van der Waals surface area contributed by atoms with Crippen LogP contribution >= 0.6 is 27.5 Å². The van der Waals surface area contributed by atoms with E-state index >= 15 is 0 Å². The molecule has 0 aliphatic carbocycles. The first-order valence-corrected chi connectivity index (χ1v) is 7.89. The summed E-state index contributed by atoms with van der Waals surface area (Å²) >= 11 is 9.65. The first-order valence-electron chi connectivity index (χ1n) is 6.72. The predicted molar refractivity (Wildman–Crippen MR) is 84.3 cm³/mol. The van der Waals surface area contributed by atoms with Crippen LogP contribution in [0, 0.1) is 5.92 Å². The molecule has 0 aliphatic rings. The lowest BCUT2D eigenvalue weighted by atomic mass is 9.97. The second kappa shape index (κ2) is 8.19. The highest BCUT2D eigenvalue weighted by Gasteiger charge is 2.12. The Hall–Kier alpha value is -0.0500. The van der Waals surface area contributed by atoms with Crippen molar-refractivity contribution >= 4 is 27.5 Å². The molecule has 1 atom stereocenters. The minimum atomic E-state index is 0.405. The number of hydrogen-bond acceptors (Lipinski definition) is 1. The van der Waals surface area contributed by atoms with Crippen molar-refractivity contribution in [2.45, 2.75) is 46.1 Å². The highest BCUT2D eigenvalue weighted by atomic mass is 79.9. The fourth-order valence-electron chi connectivity index (χ4n) is 1.98. The maximum absolute atomic E-state index is 6.13. The average molecular weight is 333 g/mol. The van der Waals surface area contributed by atoms with Crippen molar-refractivity contribution in [2.24, 2.45) is 5.92 Å². The highest BCUT2D eigenvalue weighted by Crippen LogP contribution is 2.27. The molecule has 0 aliphatic heterocycles. The van der Waals surface area contributed by atoms with Gasteiger partial charge in [-0.3, -0.25) is 0 Å². The van der Waals surface area contributed by atoms with Crippen LogP contribution in [0.1, 0.15) is 51.6 Å². The Balaban J connectivity index is 2.79. The summed E-state index contributed by atoms with van der Waals surface area (Å²) in [4.78, 5) is 0. The molecule has 0 aromatic heterocycles. The summed E-state index contributed by atoms with van der Waals surface area (Å²) in [5.74, 6) is 0.735. The lowest BCUT2D eigenvalue weighted by Crippen LogP contribution is -2.22. The van der Waals surface area contributed by atoms with E-state index in [9.17, 15) is 0 Å². The molecule has 0 spiro atoms. The first-order chi connectivity index (χ1) is 8.52. The van der Waals surface area contributed by atoms with Crippen LogP contribution < -0.4 is 5.32 Å². The molecule has 1 aromatic carbocycles. The van der Waals surface area contributed by atoms with Gasteiger partial charge in [0.2, 0.25) is 0 Å². The number of nitrogens with one attached hydrogen (secondary N) is 1. The average Bonchev–Trinajstić information content (AvgIpc) is 2.27. The van der Waals surface area contributed by atoms with Crippen molar-refractivity contribution < 1.29 is 0 Å². The quantitative estimate of drug-likeness (QED) is 0.687. The van der Waals surface area contributed by atoms with Gasteiger partial charge in [0.05, 0.1) is 0 Å². The van der Waals surface area contributed by atoms with Gasteiger partial charge in [0.15, 0.2) is 0 Å². The fraction of sp³-hybridized carbons (Fsp3) is 0.600. The Kier molecular flexibility index (Phi) is 7.28. The van der Waals surface area contributed by atoms with Crippen molar-refractivity contribution in [3.8, 4) is 0 Å². The highest BCUT2D eigenvalue weighted by molar-refractivity contribution is 9.10. The molecule has 1 rings (SSSR count). The predicted octanol–water partition coefficient (Wildman–Crippen LogP) is 5.58. The largest absolute Gasteiger partial charge is 0.310 e. The van der Waals surface area contributed by atoms with Gasteiger partial charge in [0, 0.05) is 15.5 Å². The molecule has 1 unspecified atom stereocenters. The Labute approximate surface area is 124 Å². The van der Waals surface area contributed by atoms with E-state index in [1.807, 2.05) is 6.07 Å². The van der Waals surface area contributed by atoms with E-state index < -0.39 is 0 Å². The molecule has 1 N–H and O–H groups in total. The standard InChI is InChI=1S/C15H23BrClN/c1-4-7-18-15(6-5-11(2)3)12-8-13(16)10-14(17)9-12/h8-11,15,18H,4-7H2,1-3H3. The van der Waals surface area contributed by atoms with Crippen LogP contribution in [0.25, 0.3) is 0 Å². The van der Waals surface area contributed by atoms with E-state index in [0.29, 0.717) is 6.04 Å². The smallest absolute Gasteiger partial charge is 0.0420 e. The molecule has 0 saturated heterocycles. The second-order valence-corrected chi connectivity index (χ2v) is 6.53. The maximum Gasteiger partial charge on any atom is 0.0420 e. The van der Waals surface area contributed by atoms with Crippen LogP contribution in [-0.2, 0) is 0 Å². The van der Waals surface area contributed by atoms with Crippen molar-refractivity contribution in [1.82, 2.24) is 5.32 Å². The topological polar surface area (TPSA) is 12.0 Å². The summed E-state index contributed by atoms with van der Waals surface area (Å²) < 4.78 is 1.05.